The molecule has 3 nitrogen and oxygen atoms in total. The zero-order valence-electron chi connectivity index (χ0n) is 9.49. The summed E-state index contributed by atoms with van der Waals surface area (Å²) >= 11 is 9.30. The summed E-state index contributed by atoms with van der Waals surface area (Å²) in [5.41, 5.74) is 6.92. The molecule has 1 rings (SSSR count). The molecule has 0 bridgehead atoms. The van der Waals surface area contributed by atoms with Gasteiger partial charge in [-0.25, -0.2) is 8.42 Å². The monoisotopic (exact) mass is 339 g/mol. The Morgan fingerprint density at radius 2 is 2.12 bits per heavy atom. The Hall–Kier alpha value is -0.100. The molecule has 0 heterocycles. The van der Waals surface area contributed by atoms with Gasteiger partial charge in [-0.3, -0.25) is 0 Å². The fourth-order valence-electron chi connectivity index (χ4n) is 1.52. The van der Waals surface area contributed by atoms with Crippen molar-refractivity contribution in [2.24, 2.45) is 5.73 Å². The Bertz CT molecular complexity index is 490. The van der Waals surface area contributed by atoms with E-state index in [1.165, 1.54) is 6.26 Å². The Balaban J connectivity index is 2.64. The van der Waals surface area contributed by atoms with Gasteiger partial charge in [-0.15, -0.1) is 0 Å². The van der Waals surface area contributed by atoms with Crippen LogP contribution in [0, 0.1) is 0 Å². The van der Waals surface area contributed by atoms with E-state index in [-0.39, 0.29) is 11.8 Å². The van der Waals surface area contributed by atoms with Crippen LogP contribution in [-0.4, -0.2) is 20.4 Å². The lowest BCUT2D eigenvalue weighted by Crippen LogP contribution is -2.13. The molecule has 17 heavy (non-hydrogen) atoms. The lowest BCUT2D eigenvalue weighted by molar-refractivity contribution is 0.587. The van der Waals surface area contributed by atoms with Gasteiger partial charge in [-0.05, 0) is 36.6 Å². The van der Waals surface area contributed by atoms with Crippen molar-refractivity contribution in [1.82, 2.24) is 0 Å². The van der Waals surface area contributed by atoms with Crippen molar-refractivity contribution in [3.05, 3.63) is 33.3 Å². The van der Waals surface area contributed by atoms with Crippen molar-refractivity contribution in [3.8, 4) is 0 Å². The first-order valence-corrected chi connectivity index (χ1v) is 8.41. The third-order valence-corrected chi connectivity index (χ3v) is 4.38. The third kappa shape index (κ3) is 5.38. The second-order valence-electron chi connectivity index (χ2n) is 4.04. The maximum atomic E-state index is 11.0. The van der Waals surface area contributed by atoms with Gasteiger partial charge in [0, 0.05) is 27.5 Å². The van der Waals surface area contributed by atoms with Gasteiger partial charge in [0.15, 0.2) is 0 Å². The van der Waals surface area contributed by atoms with Crippen LogP contribution in [0.5, 0.6) is 0 Å². The van der Waals surface area contributed by atoms with Gasteiger partial charge in [0.2, 0.25) is 0 Å². The zero-order valence-corrected chi connectivity index (χ0v) is 12.6. The van der Waals surface area contributed by atoms with Crippen LogP contribution >= 0.6 is 27.5 Å². The molecule has 0 radical (unpaired) electrons. The Morgan fingerprint density at radius 3 is 2.71 bits per heavy atom. The van der Waals surface area contributed by atoms with Gasteiger partial charge in [-0.1, -0.05) is 27.5 Å². The Labute approximate surface area is 115 Å². The fraction of sp³-hybridized carbons (Fsp3) is 0.455. The maximum absolute atomic E-state index is 11.0. The number of halogens is 2. The number of hydrogen-bond donors (Lipinski definition) is 1. The Kier molecular flexibility index (Phi) is 5.44. The van der Waals surface area contributed by atoms with Crippen molar-refractivity contribution in [1.29, 1.82) is 0 Å². The van der Waals surface area contributed by atoms with E-state index in [4.69, 9.17) is 17.3 Å². The maximum Gasteiger partial charge on any atom is 0.147 e. The van der Waals surface area contributed by atoms with Crippen LogP contribution in [-0.2, 0) is 9.84 Å². The van der Waals surface area contributed by atoms with E-state index in [9.17, 15) is 8.42 Å². The molecule has 1 unspecified atom stereocenters. The van der Waals surface area contributed by atoms with Crippen molar-refractivity contribution in [2.75, 3.05) is 12.0 Å². The number of benzene rings is 1. The summed E-state index contributed by atoms with van der Waals surface area (Å²) in [6.45, 7) is 0. The average molecular weight is 341 g/mol. The number of rotatable bonds is 5. The molecule has 0 amide bonds. The summed E-state index contributed by atoms with van der Waals surface area (Å²) < 4.78 is 22.9. The molecule has 0 aliphatic heterocycles. The number of sulfone groups is 1. The molecular weight excluding hydrogens is 326 g/mol. The van der Waals surface area contributed by atoms with Crippen LogP contribution in [0.15, 0.2) is 22.7 Å². The second-order valence-corrected chi connectivity index (χ2v) is 7.59. The summed E-state index contributed by atoms with van der Waals surface area (Å²) in [6, 6.07) is 5.22. The van der Waals surface area contributed by atoms with Gasteiger partial charge >= 0.3 is 0 Å². The molecule has 0 fully saturated rings. The lowest BCUT2D eigenvalue weighted by Gasteiger charge is -2.13. The van der Waals surface area contributed by atoms with Crippen LogP contribution in [0.2, 0.25) is 5.02 Å². The SMILES string of the molecule is CS(=O)(=O)CCCC(N)c1cc(Cl)ccc1Br. The quantitative estimate of drug-likeness (QED) is 0.896. The van der Waals surface area contributed by atoms with Gasteiger partial charge in [0.25, 0.3) is 0 Å². The number of hydrogen-bond acceptors (Lipinski definition) is 3. The largest absolute Gasteiger partial charge is 0.324 e. The van der Waals surface area contributed by atoms with E-state index in [1.54, 1.807) is 12.1 Å². The van der Waals surface area contributed by atoms with Gasteiger partial charge < -0.3 is 5.73 Å². The fourth-order valence-corrected chi connectivity index (χ4v) is 2.93. The van der Waals surface area contributed by atoms with E-state index in [1.807, 2.05) is 6.07 Å². The summed E-state index contributed by atoms with van der Waals surface area (Å²) in [5, 5.41) is 0.627. The molecule has 6 heteroatoms. The first kappa shape index (κ1) is 15.0. The molecule has 1 aromatic carbocycles. The van der Waals surface area contributed by atoms with Crippen LogP contribution in [0.4, 0.5) is 0 Å². The third-order valence-electron chi connectivity index (χ3n) is 2.39. The first-order chi connectivity index (χ1) is 7.79. The molecular formula is C11H15BrClNO2S. The highest BCUT2D eigenvalue weighted by molar-refractivity contribution is 9.10. The van der Waals surface area contributed by atoms with Crippen LogP contribution in [0.3, 0.4) is 0 Å². The molecule has 1 aromatic rings. The Morgan fingerprint density at radius 1 is 1.47 bits per heavy atom. The van der Waals surface area contributed by atoms with Crippen LogP contribution in [0.1, 0.15) is 24.4 Å². The van der Waals surface area contributed by atoms with Crippen LogP contribution < -0.4 is 5.73 Å². The highest BCUT2D eigenvalue weighted by atomic mass is 79.9. The summed E-state index contributed by atoms with van der Waals surface area (Å²) in [6.07, 6.45) is 2.40. The second kappa shape index (κ2) is 6.18. The minimum Gasteiger partial charge on any atom is -0.324 e. The molecule has 0 aliphatic carbocycles. The zero-order chi connectivity index (χ0) is 13.1. The van der Waals surface area contributed by atoms with E-state index in [0.717, 1.165) is 10.0 Å². The molecule has 2 N–H and O–H groups in total. The van der Waals surface area contributed by atoms with Crippen molar-refractivity contribution in [3.63, 3.8) is 0 Å². The van der Waals surface area contributed by atoms with Crippen molar-refractivity contribution >= 4 is 37.4 Å². The molecule has 0 saturated carbocycles. The normalized spacial score (nSPS) is 13.6. The van der Waals surface area contributed by atoms with Gasteiger partial charge in [0.05, 0.1) is 0 Å². The minimum atomic E-state index is -2.91. The van der Waals surface area contributed by atoms with E-state index >= 15 is 0 Å². The topological polar surface area (TPSA) is 60.2 Å². The highest BCUT2D eigenvalue weighted by Crippen LogP contribution is 2.27. The highest BCUT2D eigenvalue weighted by Gasteiger charge is 2.11. The van der Waals surface area contributed by atoms with Crippen molar-refractivity contribution in [2.45, 2.75) is 18.9 Å². The molecule has 1 atom stereocenters. The van der Waals surface area contributed by atoms with Crippen LogP contribution in [0.25, 0.3) is 0 Å². The summed E-state index contributed by atoms with van der Waals surface area (Å²) in [4.78, 5) is 0. The predicted molar refractivity (Wildman–Crippen MR) is 75.0 cm³/mol. The molecule has 96 valence electrons. The standard InChI is InChI=1S/C11H15BrClNO2S/c1-17(15,16)6-2-3-11(14)9-7-8(13)4-5-10(9)12/h4-5,7,11H,2-3,6,14H2,1H3. The van der Waals surface area contributed by atoms with E-state index < -0.39 is 9.84 Å². The summed E-state index contributed by atoms with van der Waals surface area (Å²) in [5.74, 6) is 0.166. The summed E-state index contributed by atoms with van der Waals surface area (Å²) in [7, 11) is -2.91. The number of nitrogens with two attached hydrogens (primary N) is 1. The molecule has 0 saturated heterocycles. The molecule has 0 spiro atoms. The smallest absolute Gasteiger partial charge is 0.147 e. The van der Waals surface area contributed by atoms with Gasteiger partial charge in [0.1, 0.15) is 9.84 Å². The van der Waals surface area contributed by atoms with E-state index in [0.29, 0.717) is 17.9 Å². The van der Waals surface area contributed by atoms with E-state index in [2.05, 4.69) is 15.9 Å². The molecule has 0 aromatic heterocycles. The van der Waals surface area contributed by atoms with Gasteiger partial charge in [-0.2, -0.15) is 0 Å². The first-order valence-electron chi connectivity index (χ1n) is 5.18. The average Bonchev–Trinajstić information content (AvgIpc) is 2.19. The lowest BCUT2D eigenvalue weighted by atomic mass is 10.0. The predicted octanol–water partition coefficient (Wildman–Crippen LogP) is 2.93. The minimum absolute atomic E-state index is 0.166. The molecule has 0 aliphatic rings. The van der Waals surface area contributed by atoms with Crippen molar-refractivity contribution < 1.29 is 8.42 Å².